The average molecular weight is 252 g/mol. The number of aryl methyl sites for hydroxylation is 2. The molecule has 0 aliphatic heterocycles. The van der Waals surface area contributed by atoms with Crippen molar-refractivity contribution in [3.63, 3.8) is 0 Å². The summed E-state index contributed by atoms with van der Waals surface area (Å²) in [5, 5.41) is 8.89. The minimum atomic E-state index is 0.178. The zero-order valence-electron chi connectivity index (χ0n) is 10.7. The second kappa shape index (κ2) is 6.82. The number of Topliss-reactive ketones (excluding diaryl/α,β-unsaturated/α-hetero) is 1. The summed E-state index contributed by atoms with van der Waals surface area (Å²) in [7, 11) is 0. The van der Waals surface area contributed by atoms with E-state index < -0.39 is 0 Å². The summed E-state index contributed by atoms with van der Waals surface area (Å²) in [4.78, 5) is 12.0. The maximum Gasteiger partial charge on any atom is 0.172 e. The number of carbonyl (C=O) groups is 1. The van der Waals surface area contributed by atoms with Crippen LogP contribution in [0.3, 0.4) is 0 Å². The first-order valence-corrected chi connectivity index (χ1v) is 6.99. The molecule has 0 bridgehead atoms. The first kappa shape index (κ1) is 14.3. The molecule has 1 N–H and O–H groups in total. The van der Waals surface area contributed by atoms with Crippen LogP contribution in [0.2, 0.25) is 0 Å². The van der Waals surface area contributed by atoms with E-state index in [9.17, 15) is 4.79 Å². The number of aliphatic hydroxyl groups excluding tert-OH is 1. The van der Waals surface area contributed by atoms with Crippen LogP contribution in [0.15, 0.2) is 18.2 Å². The van der Waals surface area contributed by atoms with E-state index in [0.29, 0.717) is 5.75 Å². The molecule has 17 heavy (non-hydrogen) atoms. The van der Waals surface area contributed by atoms with Gasteiger partial charge in [0, 0.05) is 12.2 Å². The van der Waals surface area contributed by atoms with Crippen LogP contribution in [0.5, 0.6) is 0 Å². The van der Waals surface area contributed by atoms with Gasteiger partial charge in [-0.05, 0) is 31.1 Å². The van der Waals surface area contributed by atoms with Crippen molar-refractivity contribution in [2.75, 3.05) is 18.1 Å². The quantitative estimate of drug-likeness (QED) is 0.791. The third-order valence-electron chi connectivity index (χ3n) is 2.63. The summed E-state index contributed by atoms with van der Waals surface area (Å²) < 4.78 is 0. The SMILES string of the molecule is Cc1ccc(C(=O)CSCC(C)CO)c(C)c1. The predicted molar refractivity (Wildman–Crippen MR) is 73.8 cm³/mol. The van der Waals surface area contributed by atoms with E-state index in [1.54, 1.807) is 11.8 Å². The molecule has 1 aromatic rings. The highest BCUT2D eigenvalue weighted by Gasteiger charge is 2.10. The van der Waals surface area contributed by atoms with Gasteiger partial charge in [-0.1, -0.05) is 30.7 Å². The summed E-state index contributed by atoms with van der Waals surface area (Å²) in [6, 6.07) is 5.92. The molecule has 0 amide bonds. The Morgan fingerprint density at radius 3 is 2.71 bits per heavy atom. The van der Waals surface area contributed by atoms with Gasteiger partial charge in [0.05, 0.1) is 5.75 Å². The fourth-order valence-electron chi connectivity index (χ4n) is 1.61. The van der Waals surface area contributed by atoms with Gasteiger partial charge in [-0.3, -0.25) is 4.79 Å². The predicted octanol–water partition coefficient (Wildman–Crippen LogP) is 2.85. The number of thioether (sulfide) groups is 1. The van der Waals surface area contributed by atoms with Crippen LogP contribution in [-0.4, -0.2) is 29.0 Å². The molecule has 0 fully saturated rings. The molecule has 0 saturated heterocycles. The van der Waals surface area contributed by atoms with E-state index >= 15 is 0 Å². The highest BCUT2D eigenvalue weighted by Crippen LogP contribution is 2.15. The van der Waals surface area contributed by atoms with Gasteiger partial charge >= 0.3 is 0 Å². The number of aliphatic hydroxyl groups is 1. The van der Waals surface area contributed by atoms with E-state index in [1.807, 2.05) is 39.0 Å². The van der Waals surface area contributed by atoms with Crippen molar-refractivity contribution < 1.29 is 9.90 Å². The lowest BCUT2D eigenvalue weighted by Crippen LogP contribution is -2.09. The number of benzene rings is 1. The van der Waals surface area contributed by atoms with Gasteiger partial charge in [0.25, 0.3) is 0 Å². The van der Waals surface area contributed by atoms with Crippen molar-refractivity contribution in [3.8, 4) is 0 Å². The van der Waals surface area contributed by atoms with Crippen molar-refractivity contribution in [3.05, 3.63) is 34.9 Å². The molecule has 1 unspecified atom stereocenters. The molecular weight excluding hydrogens is 232 g/mol. The molecule has 0 spiro atoms. The zero-order chi connectivity index (χ0) is 12.8. The number of hydrogen-bond donors (Lipinski definition) is 1. The Morgan fingerprint density at radius 1 is 1.41 bits per heavy atom. The average Bonchev–Trinajstić information content (AvgIpc) is 2.28. The number of ketones is 1. The molecule has 0 heterocycles. The number of hydrogen-bond acceptors (Lipinski definition) is 3. The van der Waals surface area contributed by atoms with Crippen molar-refractivity contribution in [2.45, 2.75) is 20.8 Å². The van der Waals surface area contributed by atoms with E-state index in [4.69, 9.17) is 5.11 Å². The Kier molecular flexibility index (Phi) is 5.72. The number of carbonyl (C=O) groups excluding carboxylic acids is 1. The minimum absolute atomic E-state index is 0.178. The lowest BCUT2D eigenvalue weighted by molar-refractivity contribution is 0.102. The summed E-state index contributed by atoms with van der Waals surface area (Å²) in [5.41, 5.74) is 3.05. The fourth-order valence-corrected chi connectivity index (χ4v) is 2.58. The van der Waals surface area contributed by atoms with Crippen LogP contribution < -0.4 is 0 Å². The first-order chi connectivity index (χ1) is 8.04. The number of rotatable bonds is 6. The van der Waals surface area contributed by atoms with Gasteiger partial charge in [-0.2, -0.15) is 11.8 Å². The summed E-state index contributed by atoms with van der Waals surface area (Å²) in [5.74, 6) is 1.76. The molecule has 94 valence electrons. The highest BCUT2D eigenvalue weighted by molar-refractivity contribution is 7.99. The molecule has 2 nitrogen and oxygen atoms in total. The van der Waals surface area contributed by atoms with Crippen molar-refractivity contribution in [1.29, 1.82) is 0 Å². The van der Waals surface area contributed by atoms with Gasteiger partial charge < -0.3 is 5.11 Å². The van der Waals surface area contributed by atoms with E-state index in [1.165, 1.54) is 5.56 Å². The third kappa shape index (κ3) is 4.52. The molecule has 0 aromatic heterocycles. The van der Waals surface area contributed by atoms with E-state index in [2.05, 4.69) is 0 Å². The van der Waals surface area contributed by atoms with Crippen LogP contribution in [0, 0.1) is 19.8 Å². The van der Waals surface area contributed by atoms with Crippen molar-refractivity contribution in [2.24, 2.45) is 5.92 Å². The van der Waals surface area contributed by atoms with Gasteiger partial charge in [-0.15, -0.1) is 0 Å². The van der Waals surface area contributed by atoms with Crippen molar-refractivity contribution >= 4 is 17.5 Å². The molecule has 1 rings (SSSR count). The molecule has 3 heteroatoms. The van der Waals surface area contributed by atoms with Crippen LogP contribution in [0.25, 0.3) is 0 Å². The third-order valence-corrected chi connectivity index (χ3v) is 3.90. The smallest absolute Gasteiger partial charge is 0.172 e. The van der Waals surface area contributed by atoms with E-state index in [0.717, 1.165) is 16.9 Å². The zero-order valence-corrected chi connectivity index (χ0v) is 11.5. The van der Waals surface area contributed by atoms with Gasteiger partial charge in [0.2, 0.25) is 0 Å². The van der Waals surface area contributed by atoms with Crippen LogP contribution in [0.1, 0.15) is 28.4 Å². The largest absolute Gasteiger partial charge is 0.396 e. The second-order valence-electron chi connectivity index (χ2n) is 4.54. The molecule has 0 saturated carbocycles. The summed E-state index contributed by atoms with van der Waals surface area (Å²) in [6.45, 7) is 6.17. The Balaban J connectivity index is 2.52. The van der Waals surface area contributed by atoms with Crippen molar-refractivity contribution in [1.82, 2.24) is 0 Å². The molecule has 0 radical (unpaired) electrons. The Morgan fingerprint density at radius 2 is 2.12 bits per heavy atom. The second-order valence-corrected chi connectivity index (χ2v) is 5.57. The van der Waals surface area contributed by atoms with Crippen LogP contribution in [-0.2, 0) is 0 Å². The maximum absolute atomic E-state index is 12.0. The fraction of sp³-hybridized carbons (Fsp3) is 0.500. The summed E-state index contributed by atoms with van der Waals surface area (Å²) in [6.07, 6.45) is 0. The molecule has 1 atom stereocenters. The Labute approximate surface area is 107 Å². The van der Waals surface area contributed by atoms with Gasteiger partial charge in [0.1, 0.15) is 0 Å². The molecule has 1 aromatic carbocycles. The highest BCUT2D eigenvalue weighted by atomic mass is 32.2. The molecule has 0 aliphatic carbocycles. The monoisotopic (exact) mass is 252 g/mol. The van der Waals surface area contributed by atoms with E-state index in [-0.39, 0.29) is 18.3 Å². The minimum Gasteiger partial charge on any atom is -0.396 e. The normalized spacial score (nSPS) is 12.5. The lowest BCUT2D eigenvalue weighted by atomic mass is 10.0. The Bertz CT molecular complexity index is 388. The topological polar surface area (TPSA) is 37.3 Å². The molecule has 0 aliphatic rings. The maximum atomic E-state index is 12.0. The van der Waals surface area contributed by atoms with Crippen LogP contribution >= 0.6 is 11.8 Å². The van der Waals surface area contributed by atoms with Crippen LogP contribution in [0.4, 0.5) is 0 Å². The molecular formula is C14H20O2S. The Hall–Kier alpha value is -0.800. The first-order valence-electron chi connectivity index (χ1n) is 5.83. The standard InChI is InChI=1S/C14H20O2S/c1-10-4-5-13(12(3)6-10)14(16)9-17-8-11(2)7-15/h4-6,11,15H,7-9H2,1-3H3. The van der Waals surface area contributed by atoms with Gasteiger partial charge in [0.15, 0.2) is 5.78 Å². The van der Waals surface area contributed by atoms with Gasteiger partial charge in [-0.25, -0.2) is 0 Å². The lowest BCUT2D eigenvalue weighted by Gasteiger charge is -2.08. The summed E-state index contributed by atoms with van der Waals surface area (Å²) >= 11 is 1.59.